The SMILES string of the molecule is Cc1ccc(C(F)(F)F)c(Cl)c1Cl. The van der Waals surface area contributed by atoms with Crippen molar-refractivity contribution < 1.29 is 13.2 Å². The molecule has 0 aromatic heterocycles. The molecule has 0 N–H and O–H groups in total. The summed E-state index contributed by atoms with van der Waals surface area (Å²) in [6.07, 6.45) is -4.45. The van der Waals surface area contributed by atoms with Gasteiger partial charge in [0.2, 0.25) is 0 Å². The first-order valence-electron chi connectivity index (χ1n) is 3.36. The van der Waals surface area contributed by atoms with Gasteiger partial charge >= 0.3 is 6.18 Å². The Morgan fingerprint density at radius 1 is 1.08 bits per heavy atom. The summed E-state index contributed by atoms with van der Waals surface area (Å²) in [6, 6.07) is 2.21. The molecule has 0 heterocycles. The van der Waals surface area contributed by atoms with Crippen LogP contribution in [-0.4, -0.2) is 0 Å². The standard InChI is InChI=1S/C8H5Cl2F3/c1-4-2-3-5(8(11,12)13)7(10)6(4)9/h2-3H,1H3. The molecular formula is C8H5Cl2F3. The number of aryl methyl sites for hydroxylation is 1. The maximum atomic E-state index is 12.2. The van der Waals surface area contributed by atoms with Gasteiger partial charge < -0.3 is 0 Å². The number of rotatable bonds is 0. The maximum Gasteiger partial charge on any atom is 0.417 e. The van der Waals surface area contributed by atoms with Crippen LogP contribution in [0.1, 0.15) is 11.1 Å². The first-order valence-corrected chi connectivity index (χ1v) is 4.11. The normalized spacial score (nSPS) is 11.8. The van der Waals surface area contributed by atoms with Crippen LogP contribution in [0.4, 0.5) is 13.2 Å². The third-order valence-electron chi connectivity index (χ3n) is 1.58. The lowest BCUT2D eigenvalue weighted by Crippen LogP contribution is -2.06. The third kappa shape index (κ3) is 2.09. The van der Waals surface area contributed by atoms with Crippen LogP contribution in [0.25, 0.3) is 0 Å². The van der Waals surface area contributed by atoms with Crippen molar-refractivity contribution in [2.24, 2.45) is 0 Å². The Balaban J connectivity index is 3.35. The number of benzene rings is 1. The fraction of sp³-hybridized carbons (Fsp3) is 0.250. The number of hydrogen-bond acceptors (Lipinski definition) is 0. The van der Waals surface area contributed by atoms with Crippen LogP contribution in [0.3, 0.4) is 0 Å². The van der Waals surface area contributed by atoms with E-state index in [0.717, 1.165) is 6.07 Å². The zero-order valence-corrected chi connectivity index (χ0v) is 8.06. The minimum Gasteiger partial charge on any atom is -0.166 e. The van der Waals surface area contributed by atoms with Crippen LogP contribution < -0.4 is 0 Å². The van der Waals surface area contributed by atoms with Crippen LogP contribution in [0.5, 0.6) is 0 Å². The summed E-state index contributed by atoms with van der Waals surface area (Å²) in [5, 5.41) is -0.481. The minimum absolute atomic E-state index is 0.0449. The quantitative estimate of drug-likeness (QED) is 0.621. The highest BCUT2D eigenvalue weighted by molar-refractivity contribution is 6.43. The molecule has 0 fully saturated rings. The Morgan fingerprint density at radius 2 is 1.62 bits per heavy atom. The van der Waals surface area contributed by atoms with Crippen molar-refractivity contribution in [1.82, 2.24) is 0 Å². The third-order valence-corrected chi connectivity index (χ3v) is 2.56. The molecule has 0 saturated carbocycles. The highest BCUT2D eigenvalue weighted by Gasteiger charge is 2.34. The summed E-state index contributed by atoms with van der Waals surface area (Å²) in [6.45, 7) is 1.59. The largest absolute Gasteiger partial charge is 0.417 e. The highest BCUT2D eigenvalue weighted by atomic mass is 35.5. The van der Waals surface area contributed by atoms with Crippen molar-refractivity contribution in [2.45, 2.75) is 13.1 Å². The van der Waals surface area contributed by atoms with E-state index in [9.17, 15) is 13.2 Å². The highest BCUT2D eigenvalue weighted by Crippen LogP contribution is 2.39. The van der Waals surface area contributed by atoms with E-state index in [1.807, 2.05) is 0 Å². The van der Waals surface area contributed by atoms with E-state index in [0.29, 0.717) is 5.56 Å². The Hall–Kier alpha value is -0.410. The maximum absolute atomic E-state index is 12.2. The number of hydrogen-bond donors (Lipinski definition) is 0. The van der Waals surface area contributed by atoms with Crippen molar-refractivity contribution in [2.75, 3.05) is 0 Å². The average molecular weight is 229 g/mol. The monoisotopic (exact) mass is 228 g/mol. The van der Waals surface area contributed by atoms with Gasteiger partial charge in [-0.15, -0.1) is 0 Å². The Morgan fingerprint density at radius 3 is 2.08 bits per heavy atom. The molecule has 0 unspecified atom stereocenters. The molecule has 1 aromatic rings. The minimum atomic E-state index is -4.45. The molecule has 1 rings (SSSR count). The smallest absolute Gasteiger partial charge is 0.166 e. The summed E-state index contributed by atoms with van der Waals surface area (Å²) in [4.78, 5) is 0. The lowest BCUT2D eigenvalue weighted by molar-refractivity contribution is -0.137. The summed E-state index contributed by atoms with van der Waals surface area (Å²) in [5.41, 5.74) is -0.371. The van der Waals surface area contributed by atoms with Gasteiger partial charge in [-0.25, -0.2) is 0 Å². The van der Waals surface area contributed by atoms with Gasteiger partial charge in [0.15, 0.2) is 0 Å². The fourth-order valence-corrected chi connectivity index (χ4v) is 1.35. The van der Waals surface area contributed by atoms with E-state index in [-0.39, 0.29) is 5.02 Å². The second-order valence-electron chi connectivity index (χ2n) is 2.56. The van der Waals surface area contributed by atoms with Crippen LogP contribution in [-0.2, 0) is 6.18 Å². The van der Waals surface area contributed by atoms with E-state index in [4.69, 9.17) is 23.2 Å². The van der Waals surface area contributed by atoms with Gasteiger partial charge in [-0.1, -0.05) is 29.3 Å². The summed E-state index contributed by atoms with van der Waals surface area (Å²) < 4.78 is 36.7. The molecule has 0 amide bonds. The van der Waals surface area contributed by atoms with Crippen molar-refractivity contribution in [3.63, 3.8) is 0 Å². The molecule has 72 valence electrons. The Labute approximate surface area is 83.3 Å². The molecule has 0 nitrogen and oxygen atoms in total. The van der Waals surface area contributed by atoms with Crippen LogP contribution in [0.2, 0.25) is 10.0 Å². The van der Waals surface area contributed by atoms with Gasteiger partial charge in [-0.3, -0.25) is 0 Å². The van der Waals surface area contributed by atoms with Gasteiger partial charge in [0.05, 0.1) is 15.6 Å². The van der Waals surface area contributed by atoms with E-state index in [1.165, 1.54) is 6.07 Å². The zero-order chi connectivity index (χ0) is 10.2. The predicted molar refractivity (Wildman–Crippen MR) is 46.2 cm³/mol. The van der Waals surface area contributed by atoms with Gasteiger partial charge in [0.25, 0.3) is 0 Å². The van der Waals surface area contributed by atoms with Gasteiger partial charge in [0, 0.05) is 0 Å². The van der Waals surface area contributed by atoms with Crippen molar-refractivity contribution in [1.29, 1.82) is 0 Å². The molecule has 0 atom stereocenters. The van der Waals surface area contributed by atoms with E-state index in [2.05, 4.69) is 0 Å². The van der Waals surface area contributed by atoms with Crippen molar-refractivity contribution >= 4 is 23.2 Å². The molecule has 0 spiro atoms. The molecule has 0 bridgehead atoms. The lowest BCUT2D eigenvalue weighted by atomic mass is 10.1. The van der Waals surface area contributed by atoms with Gasteiger partial charge in [-0.2, -0.15) is 13.2 Å². The van der Waals surface area contributed by atoms with E-state index in [1.54, 1.807) is 6.92 Å². The molecule has 1 aromatic carbocycles. The average Bonchev–Trinajstić information content (AvgIpc) is 1.98. The molecular weight excluding hydrogens is 224 g/mol. The molecule has 13 heavy (non-hydrogen) atoms. The zero-order valence-electron chi connectivity index (χ0n) is 6.54. The van der Waals surface area contributed by atoms with Crippen LogP contribution in [0, 0.1) is 6.92 Å². The molecule has 0 aliphatic carbocycles. The molecule has 0 saturated heterocycles. The number of alkyl halides is 3. The van der Waals surface area contributed by atoms with Gasteiger partial charge in [-0.05, 0) is 18.6 Å². The lowest BCUT2D eigenvalue weighted by Gasteiger charge is -2.10. The summed E-state index contributed by atoms with van der Waals surface area (Å²) in [7, 11) is 0. The number of halogens is 5. The predicted octanol–water partition coefficient (Wildman–Crippen LogP) is 4.32. The summed E-state index contributed by atoms with van der Waals surface area (Å²) in [5.74, 6) is 0. The first kappa shape index (κ1) is 10.7. The van der Waals surface area contributed by atoms with Crippen LogP contribution in [0.15, 0.2) is 12.1 Å². The Kier molecular flexibility index (Phi) is 2.78. The topological polar surface area (TPSA) is 0 Å². The molecule has 0 radical (unpaired) electrons. The fourth-order valence-electron chi connectivity index (χ4n) is 0.865. The first-order chi connectivity index (χ1) is 5.84. The van der Waals surface area contributed by atoms with E-state index >= 15 is 0 Å². The Bertz CT molecular complexity index is 331. The second-order valence-corrected chi connectivity index (χ2v) is 3.31. The van der Waals surface area contributed by atoms with Crippen molar-refractivity contribution in [3.8, 4) is 0 Å². The van der Waals surface area contributed by atoms with Crippen molar-refractivity contribution in [3.05, 3.63) is 33.3 Å². The molecule has 0 aliphatic heterocycles. The second kappa shape index (κ2) is 3.39. The molecule has 5 heteroatoms. The van der Waals surface area contributed by atoms with Crippen LogP contribution >= 0.6 is 23.2 Å². The van der Waals surface area contributed by atoms with E-state index < -0.39 is 16.8 Å². The molecule has 0 aliphatic rings. The summed E-state index contributed by atoms with van der Waals surface area (Å²) >= 11 is 11.0. The van der Waals surface area contributed by atoms with Gasteiger partial charge in [0.1, 0.15) is 0 Å².